The summed E-state index contributed by atoms with van der Waals surface area (Å²) in [6.07, 6.45) is 0.894. The summed E-state index contributed by atoms with van der Waals surface area (Å²) in [5, 5.41) is 12.1. The molecule has 1 atom stereocenters. The molecule has 2 N–H and O–H groups in total. The molecule has 0 spiro atoms. The van der Waals surface area contributed by atoms with Gasteiger partial charge in [0.25, 0.3) is 0 Å². The van der Waals surface area contributed by atoms with Crippen LogP contribution < -0.4 is 5.73 Å². The van der Waals surface area contributed by atoms with E-state index in [1.807, 2.05) is 22.9 Å². The van der Waals surface area contributed by atoms with Crippen LogP contribution in [0.2, 0.25) is 0 Å². The molecule has 1 saturated heterocycles. The minimum Gasteiger partial charge on any atom is -0.399 e. The summed E-state index contributed by atoms with van der Waals surface area (Å²) in [6, 6.07) is 5.60. The van der Waals surface area contributed by atoms with Gasteiger partial charge in [0, 0.05) is 22.3 Å². The van der Waals surface area contributed by atoms with E-state index in [-0.39, 0.29) is 5.54 Å². The fourth-order valence-corrected chi connectivity index (χ4v) is 2.68. The van der Waals surface area contributed by atoms with Crippen LogP contribution in [0.5, 0.6) is 0 Å². The van der Waals surface area contributed by atoms with Crippen molar-refractivity contribution in [1.82, 2.24) is 20.2 Å². The highest BCUT2D eigenvalue weighted by atomic mass is 79.9. The molecule has 0 saturated carbocycles. The number of nitrogens with two attached hydrogens (primary N) is 1. The average molecular weight is 324 g/mol. The van der Waals surface area contributed by atoms with Gasteiger partial charge in [0.05, 0.1) is 12.1 Å². The molecule has 0 radical (unpaired) electrons. The molecule has 2 heterocycles. The highest BCUT2D eigenvalue weighted by Crippen LogP contribution is 2.33. The van der Waals surface area contributed by atoms with Crippen LogP contribution in [0.3, 0.4) is 0 Å². The van der Waals surface area contributed by atoms with Gasteiger partial charge in [-0.2, -0.15) is 0 Å². The molecule has 2 aromatic rings. The Bertz CT molecular complexity index is 606. The summed E-state index contributed by atoms with van der Waals surface area (Å²) >= 11 is 3.52. The second-order valence-electron chi connectivity index (χ2n) is 4.95. The van der Waals surface area contributed by atoms with Crippen molar-refractivity contribution in [2.75, 3.05) is 18.9 Å². The molecule has 3 rings (SSSR count). The quantitative estimate of drug-likeness (QED) is 0.853. The molecule has 0 bridgehead atoms. The van der Waals surface area contributed by atoms with Crippen molar-refractivity contribution in [2.45, 2.75) is 18.9 Å². The van der Waals surface area contributed by atoms with Crippen LogP contribution in [-0.4, -0.2) is 33.4 Å². The molecule has 1 aromatic heterocycles. The lowest BCUT2D eigenvalue weighted by molar-refractivity contribution is 0.155. The minimum absolute atomic E-state index is 0.205. The van der Waals surface area contributed by atoms with E-state index >= 15 is 0 Å². The van der Waals surface area contributed by atoms with Crippen LogP contribution in [0.15, 0.2) is 22.7 Å². The number of ether oxygens (including phenoxy) is 1. The van der Waals surface area contributed by atoms with E-state index in [1.165, 1.54) is 0 Å². The predicted molar refractivity (Wildman–Crippen MR) is 74.4 cm³/mol. The van der Waals surface area contributed by atoms with E-state index in [9.17, 15) is 0 Å². The Morgan fingerprint density at radius 1 is 1.47 bits per heavy atom. The van der Waals surface area contributed by atoms with Crippen molar-refractivity contribution in [3.63, 3.8) is 0 Å². The van der Waals surface area contributed by atoms with Gasteiger partial charge >= 0.3 is 0 Å². The zero-order valence-electron chi connectivity index (χ0n) is 10.5. The van der Waals surface area contributed by atoms with Crippen molar-refractivity contribution >= 4 is 21.6 Å². The largest absolute Gasteiger partial charge is 0.399 e. The van der Waals surface area contributed by atoms with Gasteiger partial charge in [-0.25, -0.2) is 4.68 Å². The molecular formula is C12H14BrN5O. The molecule has 1 aliphatic heterocycles. The maximum absolute atomic E-state index is 5.85. The number of hydrogen-bond acceptors (Lipinski definition) is 5. The van der Waals surface area contributed by atoms with Crippen molar-refractivity contribution in [3.8, 4) is 11.4 Å². The number of nitrogen functional groups attached to an aromatic ring is 1. The number of anilines is 1. The predicted octanol–water partition coefficient (Wildman–Crippen LogP) is 1.82. The van der Waals surface area contributed by atoms with Crippen LogP contribution in [-0.2, 0) is 10.3 Å². The first-order valence-corrected chi connectivity index (χ1v) is 6.81. The Morgan fingerprint density at radius 3 is 3.05 bits per heavy atom. The van der Waals surface area contributed by atoms with Gasteiger partial charge in [-0.3, -0.25) is 0 Å². The van der Waals surface area contributed by atoms with E-state index in [0.29, 0.717) is 18.1 Å². The smallest absolute Gasteiger partial charge is 0.183 e. The first kappa shape index (κ1) is 12.6. The van der Waals surface area contributed by atoms with Crippen LogP contribution in [0.25, 0.3) is 11.4 Å². The summed E-state index contributed by atoms with van der Waals surface area (Å²) in [5.74, 6) is 0.701. The Morgan fingerprint density at radius 2 is 2.32 bits per heavy atom. The Labute approximate surface area is 119 Å². The van der Waals surface area contributed by atoms with E-state index in [4.69, 9.17) is 10.5 Å². The third-order valence-electron chi connectivity index (χ3n) is 3.41. The highest BCUT2D eigenvalue weighted by Gasteiger charge is 2.35. The monoisotopic (exact) mass is 323 g/mol. The molecule has 0 amide bonds. The second kappa shape index (κ2) is 4.57. The maximum atomic E-state index is 5.85. The molecule has 19 heavy (non-hydrogen) atoms. The third-order valence-corrected chi connectivity index (χ3v) is 4.10. The number of halogens is 1. The van der Waals surface area contributed by atoms with E-state index < -0.39 is 0 Å². The van der Waals surface area contributed by atoms with Crippen LogP contribution in [0, 0.1) is 0 Å². The number of hydrogen-bond donors (Lipinski definition) is 1. The van der Waals surface area contributed by atoms with Gasteiger partial charge in [-0.05, 0) is 42.0 Å². The zero-order chi connectivity index (χ0) is 13.5. The molecule has 6 nitrogen and oxygen atoms in total. The molecule has 7 heteroatoms. The van der Waals surface area contributed by atoms with Gasteiger partial charge < -0.3 is 10.5 Å². The molecule has 1 aliphatic rings. The fraction of sp³-hybridized carbons (Fsp3) is 0.417. The molecule has 0 aliphatic carbocycles. The topological polar surface area (TPSA) is 78.9 Å². The lowest BCUT2D eigenvalue weighted by Gasteiger charge is -2.23. The second-order valence-corrected chi connectivity index (χ2v) is 5.81. The molecule has 1 aromatic carbocycles. The summed E-state index contributed by atoms with van der Waals surface area (Å²) in [6.45, 7) is 3.44. The maximum Gasteiger partial charge on any atom is 0.183 e. The minimum atomic E-state index is -0.205. The molecule has 1 unspecified atom stereocenters. The summed E-state index contributed by atoms with van der Waals surface area (Å²) in [4.78, 5) is 0. The average Bonchev–Trinajstić information content (AvgIpc) is 3.01. The summed E-state index contributed by atoms with van der Waals surface area (Å²) in [5.41, 5.74) is 7.21. The number of benzene rings is 1. The fourth-order valence-electron chi connectivity index (χ4n) is 2.26. The van der Waals surface area contributed by atoms with Crippen molar-refractivity contribution in [3.05, 3.63) is 22.7 Å². The Balaban J connectivity index is 2.12. The van der Waals surface area contributed by atoms with Crippen LogP contribution >= 0.6 is 15.9 Å². The van der Waals surface area contributed by atoms with Gasteiger partial charge in [-0.15, -0.1) is 5.10 Å². The number of tetrazole rings is 1. The van der Waals surface area contributed by atoms with Crippen LogP contribution in [0.4, 0.5) is 5.69 Å². The highest BCUT2D eigenvalue weighted by molar-refractivity contribution is 9.10. The van der Waals surface area contributed by atoms with Crippen LogP contribution in [0.1, 0.15) is 13.3 Å². The van der Waals surface area contributed by atoms with E-state index in [2.05, 4.69) is 38.4 Å². The third kappa shape index (κ3) is 2.12. The SMILES string of the molecule is CC1(n2nnnc2-c2cc(N)ccc2Br)CCOC1. The zero-order valence-corrected chi connectivity index (χ0v) is 12.1. The van der Waals surface area contributed by atoms with E-state index in [1.54, 1.807) is 0 Å². The lowest BCUT2D eigenvalue weighted by atomic mass is 10.0. The summed E-state index contributed by atoms with van der Waals surface area (Å²) < 4.78 is 8.23. The Hall–Kier alpha value is -1.47. The lowest BCUT2D eigenvalue weighted by Crippen LogP contribution is -2.32. The molecular weight excluding hydrogens is 310 g/mol. The number of rotatable bonds is 2. The number of aromatic nitrogens is 4. The first-order chi connectivity index (χ1) is 9.10. The van der Waals surface area contributed by atoms with E-state index in [0.717, 1.165) is 23.1 Å². The van der Waals surface area contributed by atoms with Crippen molar-refractivity contribution in [1.29, 1.82) is 0 Å². The standard InChI is InChI=1S/C12H14BrN5O/c1-12(4-5-19-7-12)18-11(15-16-17-18)9-6-8(14)2-3-10(9)13/h2-3,6H,4-5,7,14H2,1H3. The van der Waals surface area contributed by atoms with Gasteiger partial charge in [0.1, 0.15) is 0 Å². The molecule has 1 fully saturated rings. The normalized spacial score (nSPS) is 22.8. The molecule has 100 valence electrons. The first-order valence-electron chi connectivity index (χ1n) is 6.02. The van der Waals surface area contributed by atoms with Gasteiger partial charge in [-0.1, -0.05) is 15.9 Å². The Kier molecular flexibility index (Phi) is 3.02. The van der Waals surface area contributed by atoms with Gasteiger partial charge in [0.2, 0.25) is 0 Å². The van der Waals surface area contributed by atoms with Crippen molar-refractivity contribution < 1.29 is 4.74 Å². The van der Waals surface area contributed by atoms with Crippen molar-refractivity contribution in [2.24, 2.45) is 0 Å². The van der Waals surface area contributed by atoms with Gasteiger partial charge in [0.15, 0.2) is 5.82 Å². The number of nitrogens with zero attached hydrogens (tertiary/aromatic N) is 4. The summed E-state index contributed by atoms with van der Waals surface area (Å²) in [7, 11) is 0.